The van der Waals surface area contributed by atoms with E-state index in [1.165, 1.54) is 6.07 Å². The third-order valence-corrected chi connectivity index (χ3v) is 5.85. The lowest BCUT2D eigenvalue weighted by Gasteiger charge is -2.29. The number of carbonyl (C=O) groups is 2. The number of ketones is 1. The molecular formula is C25H28N4O3. The van der Waals surface area contributed by atoms with Crippen LogP contribution in [0.4, 0.5) is 0 Å². The van der Waals surface area contributed by atoms with E-state index in [0.717, 1.165) is 22.6 Å². The van der Waals surface area contributed by atoms with Gasteiger partial charge in [-0.05, 0) is 61.9 Å². The summed E-state index contributed by atoms with van der Waals surface area (Å²) in [6.45, 7) is 8.36. The van der Waals surface area contributed by atoms with Crippen LogP contribution < -0.4 is 10.9 Å². The van der Waals surface area contributed by atoms with Crippen LogP contribution in [0.25, 0.3) is 5.69 Å². The van der Waals surface area contributed by atoms with Gasteiger partial charge in [0.15, 0.2) is 5.78 Å². The summed E-state index contributed by atoms with van der Waals surface area (Å²) in [7, 11) is 0. The lowest BCUT2D eigenvalue weighted by Crippen LogP contribution is -2.35. The standard InChI is InChI=1S/C25H28N4O3/c1-15-11-16(2)29(28-15)18-7-5-17(6-8-18)9-10-26-23(31)20-12-19-21(27-24(20)32)13-25(3,4)14-22(19)30/h5-8,11-12H,9-10,13-14H2,1-4H3,(H,26,31)(H,27,32). The monoisotopic (exact) mass is 432 g/mol. The molecule has 0 bridgehead atoms. The van der Waals surface area contributed by atoms with Crippen molar-refractivity contribution in [2.75, 3.05) is 6.54 Å². The van der Waals surface area contributed by atoms with Gasteiger partial charge in [-0.2, -0.15) is 5.10 Å². The summed E-state index contributed by atoms with van der Waals surface area (Å²) in [5, 5.41) is 7.28. The van der Waals surface area contributed by atoms with Crippen LogP contribution >= 0.6 is 0 Å². The Bertz CT molecular complexity index is 1250. The van der Waals surface area contributed by atoms with Crippen molar-refractivity contribution in [1.82, 2.24) is 20.1 Å². The van der Waals surface area contributed by atoms with Gasteiger partial charge in [-0.25, -0.2) is 4.68 Å². The first-order chi connectivity index (χ1) is 15.1. The summed E-state index contributed by atoms with van der Waals surface area (Å²) in [6, 6.07) is 11.5. The maximum Gasteiger partial charge on any atom is 0.261 e. The summed E-state index contributed by atoms with van der Waals surface area (Å²) in [6.07, 6.45) is 1.64. The van der Waals surface area contributed by atoms with Crippen LogP contribution in [-0.2, 0) is 12.8 Å². The normalized spacial score (nSPS) is 14.8. The van der Waals surface area contributed by atoms with Crippen molar-refractivity contribution in [3.63, 3.8) is 0 Å². The van der Waals surface area contributed by atoms with E-state index < -0.39 is 11.5 Å². The molecule has 1 aliphatic carbocycles. The van der Waals surface area contributed by atoms with Gasteiger partial charge in [-0.1, -0.05) is 26.0 Å². The van der Waals surface area contributed by atoms with Gasteiger partial charge in [-0.15, -0.1) is 0 Å². The minimum atomic E-state index is -0.467. The molecule has 4 rings (SSSR count). The smallest absolute Gasteiger partial charge is 0.261 e. The highest BCUT2D eigenvalue weighted by molar-refractivity contribution is 6.02. The molecule has 0 spiro atoms. The Morgan fingerprint density at radius 1 is 1.12 bits per heavy atom. The predicted octanol–water partition coefficient (Wildman–Crippen LogP) is 3.31. The molecule has 1 aromatic carbocycles. The maximum atomic E-state index is 12.6. The Morgan fingerprint density at radius 3 is 2.50 bits per heavy atom. The second kappa shape index (κ2) is 8.22. The highest BCUT2D eigenvalue weighted by atomic mass is 16.2. The van der Waals surface area contributed by atoms with E-state index in [1.54, 1.807) is 0 Å². The molecule has 0 atom stereocenters. The van der Waals surface area contributed by atoms with Gasteiger partial charge in [0.1, 0.15) is 5.56 Å². The summed E-state index contributed by atoms with van der Waals surface area (Å²) in [5.74, 6) is -0.504. The SMILES string of the molecule is Cc1cc(C)n(-c2ccc(CCNC(=O)c3cc4c([nH]c3=O)CC(C)(C)CC4=O)cc2)n1. The Morgan fingerprint density at radius 2 is 1.84 bits per heavy atom. The third-order valence-electron chi connectivity index (χ3n) is 5.85. The number of rotatable bonds is 5. The van der Waals surface area contributed by atoms with E-state index >= 15 is 0 Å². The Kier molecular flexibility index (Phi) is 5.59. The number of aryl methyl sites for hydroxylation is 2. The van der Waals surface area contributed by atoms with E-state index in [0.29, 0.717) is 37.1 Å². The number of nitrogens with zero attached hydrogens (tertiary/aromatic N) is 2. The Balaban J connectivity index is 1.40. The van der Waals surface area contributed by atoms with Gasteiger partial charge >= 0.3 is 0 Å². The fourth-order valence-electron chi connectivity index (χ4n) is 4.31. The number of aromatic amines is 1. The zero-order valence-electron chi connectivity index (χ0n) is 18.9. The molecule has 7 nitrogen and oxygen atoms in total. The van der Waals surface area contributed by atoms with Gasteiger partial charge < -0.3 is 10.3 Å². The van der Waals surface area contributed by atoms with E-state index in [1.807, 2.05) is 62.7 Å². The first-order valence-electron chi connectivity index (χ1n) is 10.8. The fourth-order valence-corrected chi connectivity index (χ4v) is 4.31. The lowest BCUT2D eigenvalue weighted by molar-refractivity contribution is 0.0910. The van der Waals surface area contributed by atoms with E-state index in [4.69, 9.17) is 0 Å². The molecule has 0 saturated heterocycles. The van der Waals surface area contributed by atoms with Crippen LogP contribution in [0.15, 0.2) is 41.2 Å². The zero-order chi connectivity index (χ0) is 23.0. The summed E-state index contributed by atoms with van der Waals surface area (Å²) >= 11 is 0. The number of aromatic nitrogens is 3. The van der Waals surface area contributed by atoms with Crippen molar-refractivity contribution in [3.05, 3.63) is 80.5 Å². The summed E-state index contributed by atoms with van der Waals surface area (Å²) in [4.78, 5) is 40.3. The van der Waals surface area contributed by atoms with Crippen molar-refractivity contribution in [2.45, 2.75) is 47.0 Å². The second-order valence-electron chi connectivity index (χ2n) is 9.36. The maximum absolute atomic E-state index is 12.6. The summed E-state index contributed by atoms with van der Waals surface area (Å²) in [5.41, 5.74) is 4.49. The minimum absolute atomic E-state index is 0.0170. The molecule has 0 fully saturated rings. The van der Waals surface area contributed by atoms with Crippen molar-refractivity contribution in [2.24, 2.45) is 5.41 Å². The molecule has 2 N–H and O–H groups in total. The third kappa shape index (κ3) is 4.42. The van der Waals surface area contributed by atoms with E-state index in [-0.39, 0.29) is 16.8 Å². The Hall–Kier alpha value is -3.48. The molecule has 2 heterocycles. The molecule has 3 aromatic rings. The number of Topliss-reactive ketones (excluding diaryl/α,β-unsaturated/α-hetero) is 1. The van der Waals surface area contributed by atoms with Crippen molar-refractivity contribution in [1.29, 1.82) is 0 Å². The molecule has 166 valence electrons. The minimum Gasteiger partial charge on any atom is -0.352 e. The number of nitrogens with one attached hydrogen (secondary N) is 2. The number of pyridine rings is 1. The van der Waals surface area contributed by atoms with Crippen LogP contribution in [0.1, 0.15) is 63.6 Å². The summed E-state index contributed by atoms with van der Waals surface area (Å²) < 4.78 is 1.89. The molecule has 0 saturated carbocycles. The average molecular weight is 433 g/mol. The molecule has 0 aliphatic heterocycles. The molecular weight excluding hydrogens is 404 g/mol. The number of benzene rings is 1. The average Bonchev–Trinajstić information content (AvgIpc) is 3.05. The van der Waals surface area contributed by atoms with Gasteiger partial charge in [-0.3, -0.25) is 14.4 Å². The number of H-pyrrole nitrogens is 1. The molecule has 0 radical (unpaired) electrons. The predicted molar refractivity (Wildman–Crippen MR) is 123 cm³/mol. The van der Waals surface area contributed by atoms with Gasteiger partial charge in [0.2, 0.25) is 0 Å². The largest absolute Gasteiger partial charge is 0.352 e. The molecule has 7 heteroatoms. The number of hydrogen-bond donors (Lipinski definition) is 2. The van der Waals surface area contributed by atoms with E-state index in [9.17, 15) is 14.4 Å². The zero-order valence-corrected chi connectivity index (χ0v) is 18.9. The van der Waals surface area contributed by atoms with Crippen LogP contribution in [0.3, 0.4) is 0 Å². The quantitative estimate of drug-likeness (QED) is 0.646. The molecule has 2 aromatic heterocycles. The van der Waals surface area contributed by atoms with Crippen LogP contribution in [0.5, 0.6) is 0 Å². The van der Waals surface area contributed by atoms with E-state index in [2.05, 4.69) is 15.4 Å². The molecule has 1 amide bonds. The van der Waals surface area contributed by atoms with Gasteiger partial charge in [0.05, 0.1) is 11.4 Å². The van der Waals surface area contributed by atoms with Crippen molar-refractivity contribution in [3.8, 4) is 5.69 Å². The van der Waals surface area contributed by atoms with Gasteiger partial charge in [0.25, 0.3) is 11.5 Å². The van der Waals surface area contributed by atoms with Crippen molar-refractivity contribution < 1.29 is 9.59 Å². The van der Waals surface area contributed by atoms with Crippen LogP contribution in [-0.4, -0.2) is 33.0 Å². The number of fused-ring (bicyclic) bond motifs is 1. The highest BCUT2D eigenvalue weighted by Crippen LogP contribution is 2.33. The number of amides is 1. The van der Waals surface area contributed by atoms with Gasteiger partial charge in [0, 0.05) is 29.9 Å². The molecule has 0 unspecified atom stereocenters. The number of hydrogen-bond acceptors (Lipinski definition) is 4. The molecule has 1 aliphatic rings. The first kappa shape index (κ1) is 21.7. The Labute approximate surface area is 186 Å². The van der Waals surface area contributed by atoms with Crippen LogP contribution in [0.2, 0.25) is 0 Å². The van der Waals surface area contributed by atoms with Crippen LogP contribution in [0, 0.1) is 19.3 Å². The lowest BCUT2D eigenvalue weighted by atomic mass is 9.75. The highest BCUT2D eigenvalue weighted by Gasteiger charge is 2.32. The van der Waals surface area contributed by atoms with Crippen molar-refractivity contribution >= 4 is 11.7 Å². The molecule has 32 heavy (non-hydrogen) atoms. The number of carbonyl (C=O) groups excluding carboxylic acids is 2. The fraction of sp³-hybridized carbons (Fsp3) is 0.360. The topological polar surface area (TPSA) is 96.9 Å². The second-order valence-corrected chi connectivity index (χ2v) is 9.36. The first-order valence-corrected chi connectivity index (χ1v) is 10.8.